The summed E-state index contributed by atoms with van der Waals surface area (Å²) in [5.74, 6) is -0.517. The van der Waals surface area contributed by atoms with E-state index in [-0.39, 0.29) is 11.6 Å². The quantitative estimate of drug-likeness (QED) is 0.876. The molecule has 1 aliphatic rings. The number of aliphatic hydroxyl groups is 1. The molecule has 0 aromatic carbocycles. The molecule has 110 valence electrons. The number of hydrogen-bond donors (Lipinski definition) is 2. The van der Waals surface area contributed by atoms with E-state index in [0.717, 1.165) is 31.2 Å². The summed E-state index contributed by atoms with van der Waals surface area (Å²) < 4.78 is 37.0. The highest BCUT2D eigenvalue weighted by molar-refractivity contribution is 5.94. The van der Waals surface area contributed by atoms with Gasteiger partial charge in [-0.2, -0.15) is 13.2 Å². The number of nitrogens with one attached hydrogen (secondary N) is 1. The van der Waals surface area contributed by atoms with Crippen molar-refractivity contribution in [2.24, 2.45) is 0 Å². The molecule has 20 heavy (non-hydrogen) atoms. The second-order valence-electron chi connectivity index (χ2n) is 4.86. The molecule has 1 amide bonds. The fraction of sp³-hybridized carbons (Fsp3) is 0.538. The van der Waals surface area contributed by atoms with Crippen LogP contribution in [0.15, 0.2) is 18.3 Å². The zero-order valence-corrected chi connectivity index (χ0v) is 10.7. The number of carbonyl (C=O) groups excluding carboxylic acids is 1. The highest BCUT2D eigenvalue weighted by Gasteiger charge is 2.32. The molecule has 1 aliphatic carbocycles. The van der Waals surface area contributed by atoms with Gasteiger partial charge in [0.2, 0.25) is 0 Å². The van der Waals surface area contributed by atoms with Crippen molar-refractivity contribution < 1.29 is 23.1 Å². The Balaban J connectivity index is 2.02. The lowest BCUT2D eigenvalue weighted by atomic mass is 9.92. The van der Waals surface area contributed by atoms with Crippen LogP contribution in [0.5, 0.6) is 0 Å². The lowest BCUT2D eigenvalue weighted by molar-refractivity contribution is -0.141. The van der Waals surface area contributed by atoms with E-state index in [1.54, 1.807) is 0 Å². The lowest BCUT2D eigenvalue weighted by Crippen LogP contribution is -2.45. The first kappa shape index (κ1) is 14.8. The molecule has 1 heterocycles. The minimum atomic E-state index is -4.52. The first-order valence-electron chi connectivity index (χ1n) is 6.40. The fourth-order valence-corrected chi connectivity index (χ4v) is 2.23. The second-order valence-corrected chi connectivity index (χ2v) is 4.86. The summed E-state index contributed by atoms with van der Waals surface area (Å²) in [7, 11) is 0. The molecule has 0 bridgehead atoms. The lowest BCUT2D eigenvalue weighted by Gasteiger charge is -2.28. The predicted molar refractivity (Wildman–Crippen MR) is 65.0 cm³/mol. The minimum Gasteiger partial charge on any atom is -0.391 e. The van der Waals surface area contributed by atoms with Crippen molar-refractivity contribution in [1.29, 1.82) is 0 Å². The van der Waals surface area contributed by atoms with E-state index < -0.39 is 23.9 Å². The molecule has 4 nitrogen and oxygen atoms in total. The molecule has 2 rings (SSSR count). The fourth-order valence-electron chi connectivity index (χ4n) is 2.23. The second kappa shape index (κ2) is 5.78. The van der Waals surface area contributed by atoms with Crippen LogP contribution < -0.4 is 5.32 Å². The molecule has 0 spiro atoms. The zero-order valence-electron chi connectivity index (χ0n) is 10.7. The summed E-state index contributed by atoms with van der Waals surface area (Å²) >= 11 is 0. The number of alkyl halides is 3. The molecule has 0 saturated heterocycles. The first-order chi connectivity index (χ1) is 9.38. The van der Waals surface area contributed by atoms with Gasteiger partial charge in [0.25, 0.3) is 5.91 Å². The molecule has 2 N–H and O–H groups in total. The van der Waals surface area contributed by atoms with Gasteiger partial charge in [-0.05, 0) is 25.0 Å². The van der Waals surface area contributed by atoms with Crippen LogP contribution in [-0.4, -0.2) is 28.1 Å². The summed E-state index contributed by atoms with van der Waals surface area (Å²) in [6, 6.07) is 1.51. The average Bonchev–Trinajstić information content (AvgIpc) is 2.40. The standard InChI is InChI=1S/C13H15F3N2O2/c14-13(15,16)11-6-5-8(7-17-11)12(20)18-9-3-1-2-4-10(9)19/h5-7,9-10,19H,1-4H2,(H,18,20)/t9-,10-/m1/s1. The molecule has 1 aromatic heterocycles. The monoisotopic (exact) mass is 288 g/mol. The van der Waals surface area contributed by atoms with Gasteiger partial charge < -0.3 is 10.4 Å². The number of hydrogen-bond acceptors (Lipinski definition) is 3. The molecule has 1 saturated carbocycles. The van der Waals surface area contributed by atoms with Gasteiger partial charge in [-0.25, -0.2) is 0 Å². The highest BCUT2D eigenvalue weighted by Crippen LogP contribution is 2.27. The Morgan fingerprint density at radius 1 is 1.30 bits per heavy atom. The summed E-state index contributed by atoms with van der Waals surface area (Å²) in [6.07, 6.45) is -1.11. The van der Waals surface area contributed by atoms with Crippen LogP contribution in [0.4, 0.5) is 13.2 Å². The molecule has 2 atom stereocenters. The van der Waals surface area contributed by atoms with E-state index >= 15 is 0 Å². The van der Waals surface area contributed by atoms with Crippen LogP contribution in [0.1, 0.15) is 41.7 Å². The summed E-state index contributed by atoms with van der Waals surface area (Å²) in [5.41, 5.74) is -0.984. The van der Waals surface area contributed by atoms with Crippen molar-refractivity contribution in [3.05, 3.63) is 29.6 Å². The molecule has 0 unspecified atom stereocenters. The van der Waals surface area contributed by atoms with Crippen LogP contribution in [0, 0.1) is 0 Å². The molecule has 1 aromatic rings. The molecular weight excluding hydrogens is 273 g/mol. The van der Waals surface area contributed by atoms with Crippen molar-refractivity contribution in [3.63, 3.8) is 0 Å². The van der Waals surface area contributed by atoms with Crippen LogP contribution in [0.2, 0.25) is 0 Å². The van der Waals surface area contributed by atoms with E-state index in [9.17, 15) is 23.1 Å². The normalized spacial score (nSPS) is 23.4. The van der Waals surface area contributed by atoms with Crippen LogP contribution in [0.3, 0.4) is 0 Å². The van der Waals surface area contributed by atoms with Crippen molar-refractivity contribution in [3.8, 4) is 0 Å². The van der Waals surface area contributed by atoms with Gasteiger partial charge >= 0.3 is 6.18 Å². The van der Waals surface area contributed by atoms with Gasteiger partial charge in [0.05, 0.1) is 17.7 Å². The van der Waals surface area contributed by atoms with Crippen LogP contribution in [-0.2, 0) is 6.18 Å². The number of aliphatic hydroxyl groups excluding tert-OH is 1. The summed E-state index contributed by atoms with van der Waals surface area (Å²) in [5, 5.41) is 12.4. The molecule has 7 heteroatoms. The van der Waals surface area contributed by atoms with Gasteiger partial charge in [0, 0.05) is 6.20 Å². The predicted octanol–water partition coefficient (Wildman–Crippen LogP) is 2.13. The number of amides is 1. The van der Waals surface area contributed by atoms with Gasteiger partial charge in [0.1, 0.15) is 5.69 Å². The highest BCUT2D eigenvalue weighted by atomic mass is 19.4. The van der Waals surface area contributed by atoms with Gasteiger partial charge in [0.15, 0.2) is 0 Å². The third kappa shape index (κ3) is 3.47. The minimum absolute atomic E-state index is 0.0516. The van der Waals surface area contributed by atoms with E-state index in [1.807, 2.05) is 0 Å². The van der Waals surface area contributed by atoms with Crippen molar-refractivity contribution in [2.75, 3.05) is 0 Å². The summed E-state index contributed by atoms with van der Waals surface area (Å²) in [4.78, 5) is 15.1. The Morgan fingerprint density at radius 2 is 2.00 bits per heavy atom. The Morgan fingerprint density at radius 3 is 2.55 bits per heavy atom. The van der Waals surface area contributed by atoms with Crippen molar-refractivity contribution in [1.82, 2.24) is 10.3 Å². The Kier molecular flexibility index (Phi) is 4.27. The number of rotatable bonds is 2. The molecule has 0 radical (unpaired) electrons. The number of nitrogens with zero attached hydrogens (tertiary/aromatic N) is 1. The maximum absolute atomic E-state index is 12.3. The first-order valence-corrected chi connectivity index (χ1v) is 6.40. The maximum atomic E-state index is 12.3. The number of halogens is 3. The van der Waals surface area contributed by atoms with Crippen LogP contribution in [0.25, 0.3) is 0 Å². The maximum Gasteiger partial charge on any atom is 0.433 e. The summed E-state index contributed by atoms with van der Waals surface area (Å²) in [6.45, 7) is 0. The number of carbonyl (C=O) groups is 1. The van der Waals surface area contributed by atoms with E-state index in [4.69, 9.17) is 0 Å². The van der Waals surface area contributed by atoms with E-state index in [0.29, 0.717) is 12.8 Å². The third-order valence-electron chi connectivity index (χ3n) is 3.36. The van der Waals surface area contributed by atoms with Crippen LogP contribution >= 0.6 is 0 Å². The smallest absolute Gasteiger partial charge is 0.391 e. The Bertz CT molecular complexity index is 473. The molecule has 0 aliphatic heterocycles. The third-order valence-corrected chi connectivity index (χ3v) is 3.36. The van der Waals surface area contributed by atoms with Gasteiger partial charge in [-0.1, -0.05) is 12.8 Å². The van der Waals surface area contributed by atoms with E-state index in [2.05, 4.69) is 10.3 Å². The topological polar surface area (TPSA) is 62.2 Å². The zero-order chi connectivity index (χ0) is 14.8. The Hall–Kier alpha value is -1.63. The van der Waals surface area contributed by atoms with E-state index in [1.165, 1.54) is 0 Å². The Labute approximate surface area is 114 Å². The van der Waals surface area contributed by atoms with Gasteiger partial charge in [-0.15, -0.1) is 0 Å². The van der Waals surface area contributed by atoms with Crippen molar-refractivity contribution in [2.45, 2.75) is 44.0 Å². The largest absolute Gasteiger partial charge is 0.433 e. The average molecular weight is 288 g/mol. The number of aromatic nitrogens is 1. The SMILES string of the molecule is O=C(N[C@@H]1CCCC[C@H]1O)c1ccc(C(F)(F)F)nc1. The van der Waals surface area contributed by atoms with Gasteiger partial charge in [-0.3, -0.25) is 9.78 Å². The molecular formula is C13H15F3N2O2. The molecule has 1 fully saturated rings. The van der Waals surface area contributed by atoms with Crippen molar-refractivity contribution >= 4 is 5.91 Å². The number of pyridine rings is 1.